The van der Waals surface area contributed by atoms with E-state index in [0.29, 0.717) is 12.8 Å². The van der Waals surface area contributed by atoms with Gasteiger partial charge in [-0.15, -0.1) is 0 Å². The molecule has 29 heavy (non-hydrogen) atoms. The molecule has 0 unspecified atom stereocenters. The van der Waals surface area contributed by atoms with Crippen molar-refractivity contribution in [1.82, 2.24) is 4.90 Å². The number of amides is 1. The van der Waals surface area contributed by atoms with Gasteiger partial charge in [0.25, 0.3) is 0 Å². The zero-order valence-corrected chi connectivity index (χ0v) is 16.0. The second kappa shape index (κ2) is 6.32. The van der Waals surface area contributed by atoms with Gasteiger partial charge in [-0.2, -0.15) is 0 Å². The molecule has 1 heterocycles. The zero-order chi connectivity index (χ0) is 20.2. The van der Waals surface area contributed by atoms with E-state index >= 15 is 0 Å². The summed E-state index contributed by atoms with van der Waals surface area (Å²) in [6.45, 7) is 0.234. The monoisotopic (exact) mass is 393 g/mol. The number of rotatable bonds is 4. The van der Waals surface area contributed by atoms with Gasteiger partial charge >= 0.3 is 12.1 Å². The highest BCUT2D eigenvalue weighted by molar-refractivity contribution is 5.80. The second-order valence-corrected chi connectivity index (χ2v) is 8.43. The smallest absolute Gasteiger partial charge is 0.409 e. The van der Waals surface area contributed by atoms with Crippen LogP contribution in [-0.2, 0) is 9.53 Å². The van der Waals surface area contributed by atoms with Gasteiger partial charge in [-0.1, -0.05) is 55.0 Å². The van der Waals surface area contributed by atoms with Gasteiger partial charge in [-0.05, 0) is 35.1 Å². The van der Waals surface area contributed by atoms with Crippen LogP contribution in [0.25, 0.3) is 11.1 Å². The van der Waals surface area contributed by atoms with E-state index in [1.54, 1.807) is 0 Å². The summed E-state index contributed by atoms with van der Waals surface area (Å²) < 4.78 is 5.59. The van der Waals surface area contributed by atoms with Crippen molar-refractivity contribution >= 4 is 12.1 Å². The maximum Gasteiger partial charge on any atom is 0.409 e. The first-order valence-corrected chi connectivity index (χ1v) is 10.0. The quantitative estimate of drug-likeness (QED) is 0.833. The van der Waals surface area contributed by atoms with Crippen molar-refractivity contribution < 1.29 is 24.5 Å². The second-order valence-electron chi connectivity index (χ2n) is 8.43. The van der Waals surface area contributed by atoms with Crippen LogP contribution >= 0.6 is 0 Å². The standard InChI is InChI=1S/C23H23NO5/c25-20(26)22(10-5-11-22)23(28)13-24(14-23)21(27)29-12-19-17-8-3-1-6-15(17)16-7-2-4-9-18(16)19/h1-4,6-9,19,28H,5,10-14H2,(H,25,26). The summed E-state index contributed by atoms with van der Waals surface area (Å²) in [6.07, 6.45) is 1.20. The molecule has 1 amide bonds. The van der Waals surface area contributed by atoms with Crippen LogP contribution in [0.4, 0.5) is 4.79 Å². The van der Waals surface area contributed by atoms with E-state index in [2.05, 4.69) is 24.3 Å². The number of carboxylic acid groups (broad SMARTS) is 1. The number of β-amino-alcohol motifs (C(OH)–C–C–N with tert-alkyl or cyclic N) is 1. The van der Waals surface area contributed by atoms with E-state index < -0.39 is 23.1 Å². The molecule has 6 heteroatoms. The van der Waals surface area contributed by atoms with Gasteiger partial charge in [0.05, 0.1) is 18.5 Å². The maximum absolute atomic E-state index is 12.5. The number of ether oxygens (including phenoxy) is 1. The third kappa shape index (κ3) is 2.52. The summed E-state index contributed by atoms with van der Waals surface area (Å²) in [4.78, 5) is 25.6. The molecule has 6 nitrogen and oxygen atoms in total. The number of fused-ring (bicyclic) bond motifs is 3. The Bertz CT molecular complexity index is 945. The maximum atomic E-state index is 12.5. The minimum atomic E-state index is -1.36. The van der Waals surface area contributed by atoms with Gasteiger partial charge in [0, 0.05) is 5.92 Å². The molecule has 0 radical (unpaired) electrons. The average molecular weight is 393 g/mol. The summed E-state index contributed by atoms with van der Waals surface area (Å²) in [6, 6.07) is 16.3. The number of hydrogen-bond acceptors (Lipinski definition) is 4. The highest BCUT2D eigenvalue weighted by atomic mass is 16.6. The number of benzene rings is 2. The van der Waals surface area contributed by atoms with Crippen LogP contribution < -0.4 is 0 Å². The molecule has 0 aromatic heterocycles. The van der Waals surface area contributed by atoms with E-state index in [9.17, 15) is 19.8 Å². The van der Waals surface area contributed by atoms with Gasteiger partial charge in [-0.3, -0.25) is 4.79 Å². The highest BCUT2D eigenvalue weighted by Gasteiger charge is 2.65. The Morgan fingerprint density at radius 1 is 1.00 bits per heavy atom. The van der Waals surface area contributed by atoms with Crippen molar-refractivity contribution in [3.05, 3.63) is 59.7 Å². The molecular formula is C23H23NO5. The molecule has 0 bridgehead atoms. The molecular weight excluding hydrogens is 370 g/mol. The Balaban J connectivity index is 1.26. The SMILES string of the molecule is O=C(OCC1c2ccccc2-c2ccccc21)N1CC(O)(C2(C(=O)O)CCC2)C1. The van der Waals surface area contributed by atoms with Crippen molar-refractivity contribution in [2.24, 2.45) is 5.41 Å². The molecule has 0 spiro atoms. The molecule has 2 aromatic rings. The number of aliphatic hydroxyl groups is 1. The van der Waals surface area contributed by atoms with Gasteiger partial charge < -0.3 is 19.8 Å². The Kier molecular flexibility index (Phi) is 3.96. The van der Waals surface area contributed by atoms with Gasteiger partial charge in [0.2, 0.25) is 0 Å². The summed E-state index contributed by atoms with van der Waals surface area (Å²) in [5.41, 5.74) is 2.13. The molecule has 1 saturated heterocycles. The predicted molar refractivity (Wildman–Crippen MR) is 106 cm³/mol. The summed E-state index contributed by atoms with van der Waals surface area (Å²) in [5, 5.41) is 20.3. The van der Waals surface area contributed by atoms with Crippen LogP contribution in [-0.4, -0.2) is 52.5 Å². The lowest BCUT2D eigenvalue weighted by Gasteiger charge is -2.57. The number of carbonyl (C=O) groups is 2. The number of carboxylic acids is 1. The average Bonchev–Trinajstić information content (AvgIpc) is 2.96. The summed E-state index contributed by atoms with van der Waals surface area (Å²) in [5.74, 6) is -0.998. The number of carbonyl (C=O) groups excluding carboxylic acids is 1. The van der Waals surface area contributed by atoms with Crippen LogP contribution in [0.3, 0.4) is 0 Å². The van der Waals surface area contributed by atoms with Crippen LogP contribution in [0, 0.1) is 5.41 Å². The van der Waals surface area contributed by atoms with E-state index in [1.807, 2.05) is 24.3 Å². The number of likely N-dealkylation sites (tertiary alicyclic amines) is 1. The van der Waals surface area contributed by atoms with Crippen molar-refractivity contribution in [2.45, 2.75) is 30.8 Å². The molecule has 1 aliphatic heterocycles. The van der Waals surface area contributed by atoms with Crippen molar-refractivity contribution in [2.75, 3.05) is 19.7 Å². The zero-order valence-electron chi connectivity index (χ0n) is 16.0. The molecule has 1 saturated carbocycles. The molecule has 2 aromatic carbocycles. The van der Waals surface area contributed by atoms with E-state index in [4.69, 9.17) is 4.74 Å². The molecule has 2 N–H and O–H groups in total. The van der Waals surface area contributed by atoms with Crippen molar-refractivity contribution in [1.29, 1.82) is 0 Å². The van der Waals surface area contributed by atoms with Gasteiger partial charge in [-0.25, -0.2) is 4.79 Å². The van der Waals surface area contributed by atoms with Crippen LogP contribution in [0.5, 0.6) is 0 Å². The number of hydrogen-bond donors (Lipinski definition) is 2. The minimum Gasteiger partial charge on any atom is -0.481 e. The Morgan fingerprint density at radius 2 is 1.55 bits per heavy atom. The lowest BCUT2D eigenvalue weighted by molar-refractivity contribution is -0.214. The number of aliphatic carboxylic acids is 1. The van der Waals surface area contributed by atoms with Crippen LogP contribution in [0.2, 0.25) is 0 Å². The fraction of sp³-hybridized carbons (Fsp3) is 0.391. The first kappa shape index (κ1) is 18.2. The lowest BCUT2D eigenvalue weighted by atomic mass is 9.56. The molecule has 2 aliphatic carbocycles. The topological polar surface area (TPSA) is 87.1 Å². The molecule has 0 atom stereocenters. The molecule has 3 aliphatic rings. The molecule has 2 fully saturated rings. The van der Waals surface area contributed by atoms with Gasteiger partial charge in [0.1, 0.15) is 12.2 Å². The van der Waals surface area contributed by atoms with Crippen LogP contribution in [0.1, 0.15) is 36.3 Å². The summed E-state index contributed by atoms with van der Waals surface area (Å²) >= 11 is 0. The summed E-state index contributed by atoms with van der Waals surface area (Å²) in [7, 11) is 0. The van der Waals surface area contributed by atoms with Crippen molar-refractivity contribution in [3.8, 4) is 11.1 Å². The number of nitrogens with zero attached hydrogens (tertiary/aromatic N) is 1. The third-order valence-electron chi connectivity index (χ3n) is 7.01. The minimum absolute atomic E-state index is 0.00989. The van der Waals surface area contributed by atoms with E-state index in [0.717, 1.165) is 28.7 Å². The highest BCUT2D eigenvalue weighted by Crippen LogP contribution is 2.53. The largest absolute Gasteiger partial charge is 0.481 e. The molecule has 150 valence electrons. The van der Waals surface area contributed by atoms with Crippen molar-refractivity contribution in [3.63, 3.8) is 0 Å². The fourth-order valence-corrected chi connectivity index (χ4v) is 5.11. The Morgan fingerprint density at radius 3 is 2.03 bits per heavy atom. The first-order valence-electron chi connectivity index (χ1n) is 10.0. The fourth-order valence-electron chi connectivity index (χ4n) is 5.11. The van der Waals surface area contributed by atoms with Crippen LogP contribution in [0.15, 0.2) is 48.5 Å². The normalized spacial score (nSPS) is 20.8. The van der Waals surface area contributed by atoms with Gasteiger partial charge in [0.15, 0.2) is 0 Å². The van der Waals surface area contributed by atoms with E-state index in [1.165, 1.54) is 4.90 Å². The van der Waals surface area contributed by atoms with E-state index in [-0.39, 0.29) is 25.6 Å². The Hall–Kier alpha value is -2.86. The first-order chi connectivity index (χ1) is 14.0. The molecule has 5 rings (SSSR count). The lowest BCUT2D eigenvalue weighted by Crippen LogP contribution is -2.74. The third-order valence-corrected chi connectivity index (χ3v) is 7.01. The predicted octanol–water partition coefficient (Wildman–Crippen LogP) is 3.24. The Labute approximate surface area is 168 Å².